The van der Waals surface area contributed by atoms with E-state index in [0.717, 1.165) is 13.0 Å². The minimum Gasteiger partial charge on any atom is -0.491 e. The molecule has 1 aromatic carbocycles. The van der Waals surface area contributed by atoms with Crippen molar-refractivity contribution in [3.63, 3.8) is 0 Å². The van der Waals surface area contributed by atoms with E-state index < -0.39 is 0 Å². The van der Waals surface area contributed by atoms with Gasteiger partial charge in [0, 0.05) is 51.5 Å². The van der Waals surface area contributed by atoms with Gasteiger partial charge in [0.1, 0.15) is 12.4 Å². The second-order valence-electron chi connectivity index (χ2n) is 8.05. The van der Waals surface area contributed by atoms with Crippen LogP contribution in [0.25, 0.3) is 0 Å². The fourth-order valence-corrected chi connectivity index (χ4v) is 3.48. The summed E-state index contributed by atoms with van der Waals surface area (Å²) in [4.78, 5) is 29.0. The number of carbonyl (C=O) groups is 2. The van der Waals surface area contributed by atoms with E-state index in [-0.39, 0.29) is 29.9 Å². The summed E-state index contributed by atoms with van der Waals surface area (Å²) in [5.41, 5.74) is 1.12. The highest BCUT2D eigenvalue weighted by atomic mass is 16.5. The normalized spacial score (nSPS) is 24.1. The topological polar surface area (TPSA) is 71.1 Å². The summed E-state index contributed by atoms with van der Waals surface area (Å²) in [5, 5.41) is 2.87. The van der Waals surface area contributed by atoms with Gasteiger partial charge in [0.2, 0.25) is 5.91 Å². The summed E-state index contributed by atoms with van der Waals surface area (Å²) < 4.78 is 11.7. The Hall–Kier alpha value is -2.12. The van der Waals surface area contributed by atoms with Gasteiger partial charge in [-0.3, -0.25) is 14.5 Å². The molecule has 0 aromatic heterocycles. The summed E-state index contributed by atoms with van der Waals surface area (Å²) in [6.07, 6.45) is 1.17. The van der Waals surface area contributed by atoms with Gasteiger partial charge in [-0.2, -0.15) is 0 Å². The number of benzene rings is 1. The minimum atomic E-state index is -0.123. The molecule has 0 saturated heterocycles. The van der Waals surface area contributed by atoms with Crippen LogP contribution in [0.15, 0.2) is 18.2 Å². The van der Waals surface area contributed by atoms with E-state index in [1.165, 1.54) is 0 Å². The van der Waals surface area contributed by atoms with Crippen molar-refractivity contribution in [1.29, 1.82) is 0 Å². The van der Waals surface area contributed by atoms with Crippen LogP contribution in [0.3, 0.4) is 0 Å². The molecule has 0 fully saturated rings. The van der Waals surface area contributed by atoms with Gasteiger partial charge in [-0.25, -0.2) is 0 Å². The molecule has 7 heteroatoms. The van der Waals surface area contributed by atoms with Crippen molar-refractivity contribution in [3.8, 4) is 5.75 Å². The fraction of sp³-hybridized carbons (Fsp3) is 0.636. The van der Waals surface area contributed by atoms with Crippen LogP contribution in [-0.4, -0.2) is 74.7 Å². The van der Waals surface area contributed by atoms with E-state index in [1.807, 2.05) is 6.92 Å². The molecule has 29 heavy (non-hydrogen) atoms. The Kier molecular flexibility index (Phi) is 8.46. The van der Waals surface area contributed by atoms with E-state index in [4.69, 9.17) is 9.47 Å². The summed E-state index contributed by atoms with van der Waals surface area (Å²) in [6, 6.07) is 5.37. The highest BCUT2D eigenvalue weighted by Gasteiger charge is 2.27. The summed E-state index contributed by atoms with van der Waals surface area (Å²) >= 11 is 0. The van der Waals surface area contributed by atoms with Crippen molar-refractivity contribution in [3.05, 3.63) is 23.8 Å². The van der Waals surface area contributed by atoms with Gasteiger partial charge in [0.25, 0.3) is 5.91 Å². The first-order chi connectivity index (χ1) is 13.8. The first-order valence-electron chi connectivity index (χ1n) is 10.3. The largest absolute Gasteiger partial charge is 0.491 e. The van der Waals surface area contributed by atoms with Crippen LogP contribution < -0.4 is 10.1 Å². The van der Waals surface area contributed by atoms with Crippen LogP contribution >= 0.6 is 0 Å². The van der Waals surface area contributed by atoms with Crippen molar-refractivity contribution in [1.82, 2.24) is 9.80 Å². The quantitative estimate of drug-likeness (QED) is 0.834. The zero-order valence-electron chi connectivity index (χ0n) is 18.5. The smallest absolute Gasteiger partial charge is 0.257 e. The molecule has 2 rings (SSSR count). The molecular weight excluding hydrogens is 370 g/mol. The molecule has 1 N–H and O–H groups in total. The SMILES string of the molecule is CCCC(=O)Nc1ccc2c(c1)OC[C@H](C)N(C)C[C@H](C)[C@H](OC)CN(C)C2=O. The standard InChI is InChI=1S/C22H35N3O4/c1-7-8-21(26)23-17-9-10-18-19(11-17)29-14-16(3)24(4)12-15(2)20(28-6)13-25(5)22(18)27/h9-11,15-16,20H,7-8,12-14H2,1-6H3,(H,23,26)/t15-,16-,20+/m0/s1. The number of amides is 2. The van der Waals surface area contributed by atoms with E-state index in [0.29, 0.717) is 36.6 Å². The highest BCUT2D eigenvalue weighted by molar-refractivity contribution is 5.98. The lowest BCUT2D eigenvalue weighted by molar-refractivity contribution is -0.116. The second kappa shape index (κ2) is 10.6. The van der Waals surface area contributed by atoms with Crippen LogP contribution in [0.2, 0.25) is 0 Å². The fourth-order valence-electron chi connectivity index (χ4n) is 3.48. The van der Waals surface area contributed by atoms with Gasteiger partial charge < -0.3 is 19.7 Å². The number of hydrogen-bond donors (Lipinski definition) is 1. The number of carbonyl (C=O) groups excluding carboxylic acids is 2. The molecule has 0 radical (unpaired) electrons. The lowest BCUT2D eigenvalue weighted by atomic mass is 10.0. The minimum absolute atomic E-state index is 0.0472. The number of rotatable bonds is 4. The van der Waals surface area contributed by atoms with Crippen LogP contribution in [0.4, 0.5) is 5.69 Å². The zero-order valence-corrected chi connectivity index (χ0v) is 18.5. The molecule has 1 aliphatic rings. The molecule has 162 valence electrons. The molecule has 7 nitrogen and oxygen atoms in total. The molecule has 1 aromatic rings. The molecule has 0 bridgehead atoms. The van der Waals surface area contributed by atoms with Crippen molar-refractivity contribution >= 4 is 17.5 Å². The van der Waals surface area contributed by atoms with Gasteiger partial charge >= 0.3 is 0 Å². The Morgan fingerprint density at radius 3 is 2.66 bits per heavy atom. The number of likely N-dealkylation sites (N-methyl/N-ethyl adjacent to an activating group) is 2. The molecule has 0 saturated carbocycles. The third-order valence-electron chi connectivity index (χ3n) is 5.52. The van der Waals surface area contributed by atoms with Crippen LogP contribution in [0.5, 0.6) is 5.75 Å². The number of methoxy groups -OCH3 is 1. The molecule has 1 heterocycles. The lowest BCUT2D eigenvalue weighted by Gasteiger charge is -2.34. The Bertz CT molecular complexity index is 709. The zero-order chi connectivity index (χ0) is 21.6. The van der Waals surface area contributed by atoms with Crippen LogP contribution in [0, 0.1) is 5.92 Å². The third kappa shape index (κ3) is 6.18. The summed E-state index contributed by atoms with van der Waals surface area (Å²) in [6.45, 7) is 7.97. The van der Waals surface area contributed by atoms with Gasteiger partial charge in [0.15, 0.2) is 0 Å². The number of ether oxygens (including phenoxy) is 2. The average molecular weight is 406 g/mol. The molecule has 0 spiro atoms. The third-order valence-corrected chi connectivity index (χ3v) is 5.52. The molecule has 0 aliphatic carbocycles. The maximum Gasteiger partial charge on any atom is 0.257 e. The van der Waals surface area contributed by atoms with Gasteiger partial charge in [-0.1, -0.05) is 13.8 Å². The number of fused-ring (bicyclic) bond motifs is 1. The number of nitrogens with zero attached hydrogens (tertiary/aromatic N) is 2. The predicted molar refractivity (Wildman–Crippen MR) is 114 cm³/mol. The monoisotopic (exact) mass is 405 g/mol. The number of anilines is 1. The van der Waals surface area contributed by atoms with Crippen molar-refractivity contribution < 1.29 is 19.1 Å². The van der Waals surface area contributed by atoms with Gasteiger partial charge in [-0.05, 0) is 38.4 Å². The van der Waals surface area contributed by atoms with E-state index in [9.17, 15) is 9.59 Å². The Balaban J connectivity index is 2.35. The van der Waals surface area contributed by atoms with E-state index in [2.05, 4.69) is 31.1 Å². The second-order valence-corrected chi connectivity index (χ2v) is 8.05. The Morgan fingerprint density at radius 1 is 1.28 bits per heavy atom. The van der Waals surface area contributed by atoms with E-state index in [1.54, 1.807) is 37.3 Å². The highest BCUT2D eigenvalue weighted by Crippen LogP contribution is 2.26. The van der Waals surface area contributed by atoms with Crippen LogP contribution in [0.1, 0.15) is 44.0 Å². The molecule has 0 unspecified atom stereocenters. The Labute approximate surface area is 174 Å². The maximum atomic E-state index is 13.1. The summed E-state index contributed by atoms with van der Waals surface area (Å²) in [7, 11) is 5.54. The van der Waals surface area contributed by atoms with Crippen molar-refractivity contribution in [2.75, 3.05) is 46.2 Å². The van der Waals surface area contributed by atoms with Crippen molar-refractivity contribution in [2.24, 2.45) is 5.92 Å². The average Bonchev–Trinajstić information content (AvgIpc) is 2.68. The molecule has 3 atom stereocenters. The Morgan fingerprint density at radius 2 is 2.00 bits per heavy atom. The van der Waals surface area contributed by atoms with Crippen LogP contribution in [-0.2, 0) is 9.53 Å². The predicted octanol–water partition coefficient (Wildman–Crippen LogP) is 2.86. The van der Waals surface area contributed by atoms with Crippen molar-refractivity contribution in [2.45, 2.75) is 45.8 Å². The summed E-state index contributed by atoms with van der Waals surface area (Å²) in [5.74, 6) is 0.577. The first-order valence-corrected chi connectivity index (χ1v) is 10.3. The first kappa shape index (κ1) is 23.2. The van der Waals surface area contributed by atoms with Gasteiger partial charge in [-0.15, -0.1) is 0 Å². The molecular formula is C22H35N3O4. The number of nitrogens with one attached hydrogen (secondary N) is 1. The van der Waals surface area contributed by atoms with Gasteiger partial charge in [0.05, 0.1) is 11.7 Å². The maximum absolute atomic E-state index is 13.1. The van der Waals surface area contributed by atoms with E-state index >= 15 is 0 Å². The molecule has 2 amide bonds. The number of hydrogen-bond acceptors (Lipinski definition) is 5. The lowest BCUT2D eigenvalue weighted by Crippen LogP contribution is -2.45. The molecule has 1 aliphatic heterocycles.